The largest absolute Gasteiger partial charge is 0.495 e. The molecule has 0 aromatic heterocycles. The first kappa shape index (κ1) is 31.4. The van der Waals surface area contributed by atoms with Crippen LogP contribution in [-0.2, 0) is 26.2 Å². The van der Waals surface area contributed by atoms with Gasteiger partial charge in [0.05, 0.1) is 24.1 Å². The van der Waals surface area contributed by atoms with Gasteiger partial charge >= 0.3 is 0 Å². The van der Waals surface area contributed by atoms with Gasteiger partial charge in [0.2, 0.25) is 21.8 Å². The van der Waals surface area contributed by atoms with Crippen molar-refractivity contribution in [2.75, 3.05) is 24.2 Å². The van der Waals surface area contributed by atoms with Gasteiger partial charge in [-0.2, -0.15) is 0 Å². The van der Waals surface area contributed by atoms with Gasteiger partial charge in [-0.1, -0.05) is 48.4 Å². The molecule has 38 heavy (non-hydrogen) atoms. The summed E-state index contributed by atoms with van der Waals surface area (Å²) in [5.41, 5.74) is 1.96. The lowest BCUT2D eigenvalue weighted by Gasteiger charge is -2.33. The maximum absolute atomic E-state index is 13.5. The molecule has 0 saturated heterocycles. The van der Waals surface area contributed by atoms with Crippen molar-refractivity contribution in [3.05, 3.63) is 58.6 Å². The zero-order valence-electron chi connectivity index (χ0n) is 23.4. The van der Waals surface area contributed by atoms with Crippen LogP contribution in [0.3, 0.4) is 0 Å². The minimum Gasteiger partial charge on any atom is -0.495 e. The van der Waals surface area contributed by atoms with E-state index in [0.29, 0.717) is 17.9 Å². The summed E-state index contributed by atoms with van der Waals surface area (Å²) < 4.78 is 31.5. The minimum atomic E-state index is -3.64. The van der Waals surface area contributed by atoms with Crippen LogP contribution in [0, 0.1) is 6.92 Å². The molecule has 8 nitrogen and oxygen atoms in total. The van der Waals surface area contributed by atoms with Crippen LogP contribution in [0.5, 0.6) is 5.75 Å². The third kappa shape index (κ3) is 9.20. The Hall–Kier alpha value is -2.78. The lowest BCUT2D eigenvalue weighted by Crippen LogP contribution is -2.53. The highest BCUT2D eigenvalue weighted by atomic mass is 35.5. The maximum Gasteiger partial charge on any atom is 0.243 e. The van der Waals surface area contributed by atoms with Crippen molar-refractivity contribution >= 4 is 39.1 Å². The van der Waals surface area contributed by atoms with Crippen LogP contribution in [-0.4, -0.2) is 56.6 Å². The Labute approximate surface area is 232 Å². The zero-order chi connectivity index (χ0) is 28.7. The van der Waals surface area contributed by atoms with E-state index in [1.54, 1.807) is 17.0 Å². The molecule has 2 aromatic carbocycles. The molecule has 2 aromatic rings. The van der Waals surface area contributed by atoms with E-state index in [-0.39, 0.29) is 42.8 Å². The SMILES string of the molecule is CCC(C(=O)NC(C)(C)C)N(Cc1ccc(C)cc1)C(=O)CCCN(c1ccc(OC)c(Cl)c1)S(C)(=O)=O. The van der Waals surface area contributed by atoms with Crippen LogP contribution >= 0.6 is 11.6 Å². The number of methoxy groups -OCH3 is 1. The monoisotopic (exact) mass is 565 g/mol. The first-order chi connectivity index (χ1) is 17.7. The van der Waals surface area contributed by atoms with E-state index in [0.717, 1.165) is 17.4 Å². The van der Waals surface area contributed by atoms with Crippen LogP contribution in [0.1, 0.15) is 58.1 Å². The van der Waals surface area contributed by atoms with Crippen molar-refractivity contribution in [1.29, 1.82) is 0 Å². The van der Waals surface area contributed by atoms with Gasteiger partial charge in [0.1, 0.15) is 11.8 Å². The number of sulfonamides is 1. The molecule has 1 N–H and O–H groups in total. The molecular weight excluding hydrogens is 526 g/mol. The summed E-state index contributed by atoms with van der Waals surface area (Å²) in [4.78, 5) is 28.3. The smallest absolute Gasteiger partial charge is 0.243 e. The number of nitrogens with zero attached hydrogens (tertiary/aromatic N) is 2. The van der Waals surface area contributed by atoms with Gasteiger partial charge in [-0.05, 0) is 64.3 Å². The van der Waals surface area contributed by atoms with Gasteiger partial charge < -0.3 is 15.0 Å². The van der Waals surface area contributed by atoms with Gasteiger partial charge in [0.25, 0.3) is 0 Å². The normalized spacial score (nSPS) is 12.5. The number of hydrogen-bond acceptors (Lipinski definition) is 5. The minimum absolute atomic E-state index is 0.0705. The lowest BCUT2D eigenvalue weighted by atomic mass is 10.0. The number of benzene rings is 2. The molecule has 10 heteroatoms. The molecule has 0 aliphatic heterocycles. The first-order valence-electron chi connectivity index (χ1n) is 12.6. The van der Waals surface area contributed by atoms with Crippen molar-refractivity contribution in [3.8, 4) is 5.75 Å². The predicted molar refractivity (Wildman–Crippen MR) is 153 cm³/mol. The number of carbonyl (C=O) groups is 2. The second-order valence-electron chi connectivity index (χ2n) is 10.4. The Kier molecular flexibility index (Phi) is 11.0. The highest BCUT2D eigenvalue weighted by molar-refractivity contribution is 7.92. The molecule has 2 rings (SSSR count). The molecule has 1 atom stereocenters. The predicted octanol–water partition coefficient (Wildman–Crippen LogP) is 4.93. The summed E-state index contributed by atoms with van der Waals surface area (Å²) in [5, 5.41) is 3.27. The number of aryl methyl sites for hydroxylation is 1. The fourth-order valence-corrected chi connectivity index (χ4v) is 5.29. The van der Waals surface area contributed by atoms with E-state index < -0.39 is 21.6 Å². The molecule has 0 bridgehead atoms. The summed E-state index contributed by atoms with van der Waals surface area (Å²) in [6.45, 7) is 9.91. The Balaban J connectivity index is 2.25. The summed E-state index contributed by atoms with van der Waals surface area (Å²) in [6, 6.07) is 11.9. The van der Waals surface area contributed by atoms with E-state index in [9.17, 15) is 18.0 Å². The van der Waals surface area contributed by atoms with E-state index in [4.69, 9.17) is 16.3 Å². The number of amides is 2. The topological polar surface area (TPSA) is 96.0 Å². The lowest BCUT2D eigenvalue weighted by molar-refractivity contribution is -0.142. The average molecular weight is 566 g/mol. The quantitative estimate of drug-likeness (QED) is 0.394. The number of hydrogen-bond donors (Lipinski definition) is 1. The highest BCUT2D eigenvalue weighted by Gasteiger charge is 2.30. The van der Waals surface area contributed by atoms with Crippen LogP contribution in [0.15, 0.2) is 42.5 Å². The number of carbonyl (C=O) groups excluding carboxylic acids is 2. The average Bonchev–Trinajstić information content (AvgIpc) is 2.80. The number of nitrogens with one attached hydrogen (secondary N) is 1. The third-order valence-corrected chi connectivity index (χ3v) is 7.42. The van der Waals surface area contributed by atoms with Crippen LogP contribution in [0.2, 0.25) is 5.02 Å². The molecule has 0 saturated carbocycles. The molecule has 0 aliphatic rings. The van der Waals surface area contributed by atoms with Crippen LogP contribution in [0.4, 0.5) is 5.69 Å². The molecule has 0 heterocycles. The number of halogens is 1. The van der Waals surface area contributed by atoms with Gasteiger partial charge in [-0.15, -0.1) is 0 Å². The second-order valence-corrected chi connectivity index (χ2v) is 12.7. The van der Waals surface area contributed by atoms with Crippen molar-refractivity contribution in [1.82, 2.24) is 10.2 Å². The van der Waals surface area contributed by atoms with Gasteiger partial charge in [0, 0.05) is 25.0 Å². The number of rotatable bonds is 12. The third-order valence-electron chi connectivity index (χ3n) is 5.93. The van der Waals surface area contributed by atoms with E-state index >= 15 is 0 Å². The molecule has 0 aliphatic carbocycles. The Morgan fingerprint density at radius 3 is 2.24 bits per heavy atom. The first-order valence-corrected chi connectivity index (χ1v) is 14.9. The standard InChI is InChI=1S/C28H40ClN3O5S/c1-8-24(27(34)30-28(3,4)5)31(19-21-13-11-20(2)12-14-21)26(33)10-9-17-32(38(7,35)36)22-15-16-25(37-6)23(29)18-22/h11-16,18,24H,8-10,17,19H2,1-7H3,(H,30,34). The Bertz CT molecular complexity index is 1210. The molecule has 0 spiro atoms. The van der Waals surface area contributed by atoms with E-state index in [1.165, 1.54) is 17.5 Å². The number of ether oxygens (including phenoxy) is 1. The van der Waals surface area contributed by atoms with Crippen LogP contribution < -0.4 is 14.4 Å². The molecule has 2 amide bonds. The van der Waals surface area contributed by atoms with Crippen molar-refractivity contribution < 1.29 is 22.7 Å². The number of anilines is 1. The van der Waals surface area contributed by atoms with Crippen molar-refractivity contribution in [2.45, 2.75) is 72.0 Å². The van der Waals surface area contributed by atoms with Crippen molar-refractivity contribution in [2.24, 2.45) is 0 Å². The highest BCUT2D eigenvalue weighted by Crippen LogP contribution is 2.30. The Morgan fingerprint density at radius 2 is 1.74 bits per heavy atom. The zero-order valence-corrected chi connectivity index (χ0v) is 24.9. The maximum atomic E-state index is 13.5. The van der Waals surface area contributed by atoms with E-state index in [2.05, 4.69) is 5.32 Å². The summed E-state index contributed by atoms with van der Waals surface area (Å²) >= 11 is 6.22. The fourth-order valence-electron chi connectivity index (χ4n) is 4.08. The van der Waals surface area contributed by atoms with E-state index in [1.807, 2.05) is 58.9 Å². The Morgan fingerprint density at radius 1 is 1.11 bits per heavy atom. The summed E-state index contributed by atoms with van der Waals surface area (Å²) in [5.74, 6) is -0.00117. The van der Waals surface area contributed by atoms with Crippen molar-refractivity contribution in [3.63, 3.8) is 0 Å². The molecule has 0 radical (unpaired) electrons. The summed E-state index contributed by atoms with van der Waals surface area (Å²) in [7, 11) is -2.15. The fraction of sp³-hybridized carbons (Fsp3) is 0.500. The molecule has 1 unspecified atom stereocenters. The van der Waals surface area contributed by atoms with Crippen LogP contribution in [0.25, 0.3) is 0 Å². The summed E-state index contributed by atoms with van der Waals surface area (Å²) in [6.07, 6.45) is 1.89. The van der Waals surface area contributed by atoms with Gasteiger partial charge in [0.15, 0.2) is 0 Å². The molecule has 210 valence electrons. The molecular formula is C28H40ClN3O5S. The molecule has 0 fully saturated rings. The van der Waals surface area contributed by atoms with Gasteiger partial charge in [-0.3, -0.25) is 13.9 Å². The van der Waals surface area contributed by atoms with Gasteiger partial charge in [-0.25, -0.2) is 8.42 Å². The second kappa shape index (κ2) is 13.3.